The van der Waals surface area contributed by atoms with Crippen molar-refractivity contribution in [1.29, 1.82) is 0 Å². The molecule has 1 atom stereocenters. The molecule has 1 aromatic heterocycles. The maximum atomic E-state index is 13.9. The molecule has 0 spiro atoms. The van der Waals surface area contributed by atoms with Crippen molar-refractivity contribution in [3.63, 3.8) is 0 Å². The molecule has 3 nitrogen and oxygen atoms in total. The third-order valence-electron chi connectivity index (χ3n) is 3.51. The molecule has 2 aromatic rings. The van der Waals surface area contributed by atoms with Gasteiger partial charge >= 0.3 is 0 Å². The van der Waals surface area contributed by atoms with E-state index in [1.54, 1.807) is 18.5 Å². The van der Waals surface area contributed by atoms with Gasteiger partial charge in [-0.3, -0.25) is 4.98 Å². The molecule has 0 amide bonds. The molecule has 0 aliphatic carbocycles. The van der Waals surface area contributed by atoms with Crippen LogP contribution in [0.3, 0.4) is 0 Å². The van der Waals surface area contributed by atoms with Crippen molar-refractivity contribution in [2.45, 2.75) is 25.8 Å². The van der Waals surface area contributed by atoms with E-state index in [-0.39, 0.29) is 11.9 Å². The van der Waals surface area contributed by atoms with Gasteiger partial charge in [0.2, 0.25) is 0 Å². The highest BCUT2D eigenvalue weighted by atomic mass is 19.1. The number of nitrogens with zero attached hydrogens (tertiary/aromatic N) is 1. The molecule has 1 unspecified atom stereocenters. The van der Waals surface area contributed by atoms with Gasteiger partial charge < -0.3 is 10.1 Å². The zero-order valence-corrected chi connectivity index (χ0v) is 12.5. The first-order valence-electron chi connectivity index (χ1n) is 7.19. The summed E-state index contributed by atoms with van der Waals surface area (Å²) in [5.74, 6) is 0.00953. The van der Waals surface area contributed by atoms with E-state index in [0.29, 0.717) is 12.4 Å². The molecule has 112 valence electrons. The fourth-order valence-corrected chi connectivity index (χ4v) is 2.08. The van der Waals surface area contributed by atoms with Crippen molar-refractivity contribution in [1.82, 2.24) is 10.3 Å². The van der Waals surface area contributed by atoms with E-state index in [9.17, 15) is 4.39 Å². The van der Waals surface area contributed by atoms with Crippen LogP contribution in [0.15, 0.2) is 42.7 Å². The van der Waals surface area contributed by atoms with Crippen molar-refractivity contribution in [3.05, 3.63) is 59.7 Å². The van der Waals surface area contributed by atoms with Crippen LogP contribution in [0.4, 0.5) is 4.39 Å². The number of aromatic nitrogens is 1. The van der Waals surface area contributed by atoms with E-state index >= 15 is 0 Å². The molecule has 0 aliphatic heterocycles. The average molecular weight is 288 g/mol. The average Bonchev–Trinajstić information content (AvgIpc) is 2.53. The van der Waals surface area contributed by atoms with Crippen molar-refractivity contribution >= 4 is 0 Å². The topological polar surface area (TPSA) is 34.1 Å². The Balaban J connectivity index is 1.83. The van der Waals surface area contributed by atoms with Gasteiger partial charge in [0.15, 0.2) is 11.6 Å². The molecular weight excluding hydrogens is 267 g/mol. The van der Waals surface area contributed by atoms with E-state index in [4.69, 9.17) is 4.74 Å². The lowest BCUT2D eigenvalue weighted by Crippen LogP contribution is -2.12. The number of ether oxygens (including phenoxy) is 1. The zero-order chi connectivity index (χ0) is 15.1. The molecule has 21 heavy (non-hydrogen) atoms. The zero-order valence-electron chi connectivity index (χ0n) is 12.5. The molecule has 0 saturated heterocycles. The van der Waals surface area contributed by atoms with Crippen molar-refractivity contribution in [3.8, 4) is 5.75 Å². The second-order valence-corrected chi connectivity index (χ2v) is 5.01. The number of rotatable bonds is 7. The Kier molecular flexibility index (Phi) is 5.69. The van der Waals surface area contributed by atoms with Crippen LogP contribution < -0.4 is 10.1 Å². The van der Waals surface area contributed by atoms with Crippen LogP contribution in [0.2, 0.25) is 0 Å². The van der Waals surface area contributed by atoms with Gasteiger partial charge in [0, 0.05) is 18.4 Å². The van der Waals surface area contributed by atoms with Gasteiger partial charge in [-0.2, -0.15) is 0 Å². The molecule has 1 aromatic carbocycles. The van der Waals surface area contributed by atoms with E-state index < -0.39 is 0 Å². The highest BCUT2D eigenvalue weighted by molar-refractivity contribution is 5.30. The predicted molar refractivity (Wildman–Crippen MR) is 81.9 cm³/mol. The standard InChI is InChI=1S/C17H21FN2O/c1-13(19-2)15-5-6-17(16(18)12-15)21-11-3-4-14-7-9-20-10-8-14/h5-10,12-13,19H,3-4,11H2,1-2H3. The first-order chi connectivity index (χ1) is 10.2. The van der Waals surface area contributed by atoms with E-state index in [1.165, 1.54) is 11.6 Å². The summed E-state index contributed by atoms with van der Waals surface area (Å²) < 4.78 is 19.5. The first kappa shape index (κ1) is 15.4. The highest BCUT2D eigenvalue weighted by Gasteiger charge is 2.08. The van der Waals surface area contributed by atoms with Gasteiger partial charge in [0.05, 0.1) is 6.61 Å². The van der Waals surface area contributed by atoms with Gasteiger partial charge in [-0.05, 0) is 62.2 Å². The molecule has 1 heterocycles. The molecule has 0 fully saturated rings. The minimum Gasteiger partial charge on any atom is -0.491 e. The summed E-state index contributed by atoms with van der Waals surface area (Å²) in [6.07, 6.45) is 5.30. The van der Waals surface area contributed by atoms with Crippen LogP contribution in [-0.2, 0) is 6.42 Å². The second-order valence-electron chi connectivity index (χ2n) is 5.01. The quantitative estimate of drug-likeness (QED) is 0.792. The smallest absolute Gasteiger partial charge is 0.165 e. The predicted octanol–water partition coefficient (Wildman–Crippen LogP) is 3.51. The lowest BCUT2D eigenvalue weighted by Gasteiger charge is -2.13. The number of benzene rings is 1. The third kappa shape index (κ3) is 4.53. The van der Waals surface area contributed by atoms with Gasteiger partial charge in [-0.25, -0.2) is 4.39 Å². The molecule has 1 N–H and O–H groups in total. The maximum absolute atomic E-state index is 13.9. The Bertz CT molecular complexity index is 560. The van der Waals surface area contributed by atoms with Crippen LogP contribution in [0.1, 0.15) is 30.5 Å². The second kappa shape index (κ2) is 7.74. The summed E-state index contributed by atoms with van der Waals surface area (Å²) in [4.78, 5) is 3.98. The Labute approximate surface area is 125 Å². The van der Waals surface area contributed by atoms with Crippen molar-refractivity contribution in [2.75, 3.05) is 13.7 Å². The van der Waals surface area contributed by atoms with E-state index in [1.807, 2.05) is 32.2 Å². The minimum absolute atomic E-state index is 0.125. The molecule has 0 bridgehead atoms. The van der Waals surface area contributed by atoms with E-state index in [0.717, 1.165) is 18.4 Å². The molecule has 0 radical (unpaired) electrons. The van der Waals surface area contributed by atoms with Gasteiger partial charge in [0.1, 0.15) is 0 Å². The maximum Gasteiger partial charge on any atom is 0.165 e. The van der Waals surface area contributed by atoms with Gasteiger partial charge in [-0.1, -0.05) is 6.07 Å². The number of hydrogen-bond acceptors (Lipinski definition) is 3. The normalized spacial score (nSPS) is 12.1. The van der Waals surface area contributed by atoms with Crippen LogP contribution >= 0.6 is 0 Å². The summed E-state index contributed by atoms with van der Waals surface area (Å²) >= 11 is 0. The van der Waals surface area contributed by atoms with Crippen LogP contribution in [0.25, 0.3) is 0 Å². The molecule has 0 aliphatic rings. The molecule has 2 rings (SSSR count). The van der Waals surface area contributed by atoms with Crippen molar-refractivity contribution in [2.24, 2.45) is 0 Å². The fourth-order valence-electron chi connectivity index (χ4n) is 2.08. The SMILES string of the molecule is CNC(C)c1ccc(OCCCc2ccncc2)c(F)c1. The summed E-state index contributed by atoms with van der Waals surface area (Å²) in [7, 11) is 1.85. The van der Waals surface area contributed by atoms with Crippen LogP contribution in [-0.4, -0.2) is 18.6 Å². The summed E-state index contributed by atoms with van der Waals surface area (Å²) in [5.41, 5.74) is 2.13. The first-order valence-corrected chi connectivity index (χ1v) is 7.19. The van der Waals surface area contributed by atoms with Crippen LogP contribution in [0, 0.1) is 5.82 Å². The van der Waals surface area contributed by atoms with Gasteiger partial charge in [0.25, 0.3) is 0 Å². The Morgan fingerprint density at radius 1 is 1.24 bits per heavy atom. The fraction of sp³-hybridized carbons (Fsp3) is 0.353. The summed E-state index contributed by atoms with van der Waals surface area (Å²) in [6, 6.07) is 9.20. The minimum atomic E-state index is -0.307. The molecule has 4 heteroatoms. The largest absolute Gasteiger partial charge is 0.491 e. The Morgan fingerprint density at radius 3 is 2.67 bits per heavy atom. The number of aryl methyl sites for hydroxylation is 1. The number of hydrogen-bond donors (Lipinski definition) is 1. The van der Waals surface area contributed by atoms with E-state index in [2.05, 4.69) is 10.3 Å². The number of pyridine rings is 1. The third-order valence-corrected chi connectivity index (χ3v) is 3.51. The van der Waals surface area contributed by atoms with Crippen LogP contribution in [0.5, 0.6) is 5.75 Å². The van der Waals surface area contributed by atoms with Crippen molar-refractivity contribution < 1.29 is 9.13 Å². The monoisotopic (exact) mass is 288 g/mol. The van der Waals surface area contributed by atoms with Gasteiger partial charge in [-0.15, -0.1) is 0 Å². The Morgan fingerprint density at radius 2 is 2.00 bits per heavy atom. The summed E-state index contributed by atoms with van der Waals surface area (Å²) in [5, 5.41) is 3.09. The highest BCUT2D eigenvalue weighted by Crippen LogP contribution is 2.22. The molecular formula is C17H21FN2O. The lowest BCUT2D eigenvalue weighted by molar-refractivity contribution is 0.295. The summed E-state index contributed by atoms with van der Waals surface area (Å²) in [6.45, 7) is 2.49. The Hall–Kier alpha value is -1.94. The number of halogens is 1. The number of nitrogens with one attached hydrogen (secondary N) is 1. The molecule has 0 saturated carbocycles. The lowest BCUT2D eigenvalue weighted by atomic mass is 10.1.